The van der Waals surface area contributed by atoms with Crippen LogP contribution in [0.25, 0.3) is 55.6 Å². The van der Waals surface area contributed by atoms with Crippen molar-refractivity contribution >= 4 is 33.5 Å². The standard InChI is InChI=1S/C30H27N7O/c1-30(2,3)15-27(38)34-21-12-20(16-32-17-21)19-4-5-25-24(13-19)28(37-36-25)26-14-23-22(8-11-33-29(23)35-26)18-6-9-31-10-7-18/h4-14,16-17H,15H2,1-3H3,(H,33,35)(H,34,38)(H,36,37). The van der Waals surface area contributed by atoms with Crippen molar-refractivity contribution in [3.8, 4) is 33.6 Å². The maximum Gasteiger partial charge on any atom is 0.224 e. The predicted molar refractivity (Wildman–Crippen MR) is 150 cm³/mol. The zero-order valence-electron chi connectivity index (χ0n) is 21.4. The highest BCUT2D eigenvalue weighted by molar-refractivity contribution is 6.00. The Kier molecular flexibility index (Phi) is 5.72. The molecule has 1 amide bonds. The fraction of sp³-hybridized carbons (Fsp3) is 0.167. The van der Waals surface area contributed by atoms with Gasteiger partial charge in [-0.1, -0.05) is 26.8 Å². The van der Waals surface area contributed by atoms with Crippen molar-refractivity contribution < 1.29 is 4.79 Å². The first-order valence-corrected chi connectivity index (χ1v) is 12.5. The van der Waals surface area contributed by atoms with Gasteiger partial charge in [0.1, 0.15) is 11.3 Å². The highest BCUT2D eigenvalue weighted by Crippen LogP contribution is 2.34. The summed E-state index contributed by atoms with van der Waals surface area (Å²) in [4.78, 5) is 28.9. The van der Waals surface area contributed by atoms with E-state index in [1.54, 1.807) is 31.0 Å². The molecule has 0 atom stereocenters. The Hall–Kier alpha value is -4.85. The van der Waals surface area contributed by atoms with Crippen LogP contribution in [0, 0.1) is 5.41 Å². The third kappa shape index (κ3) is 4.64. The van der Waals surface area contributed by atoms with Crippen LogP contribution in [0.1, 0.15) is 27.2 Å². The minimum Gasteiger partial charge on any atom is -0.338 e. The van der Waals surface area contributed by atoms with E-state index in [1.807, 2.05) is 57.2 Å². The van der Waals surface area contributed by atoms with E-state index < -0.39 is 0 Å². The number of anilines is 1. The Balaban J connectivity index is 1.36. The predicted octanol–water partition coefficient (Wildman–Crippen LogP) is 6.60. The topological polar surface area (TPSA) is 112 Å². The van der Waals surface area contributed by atoms with Crippen LogP contribution in [0.15, 0.2) is 79.5 Å². The zero-order chi connectivity index (χ0) is 26.3. The van der Waals surface area contributed by atoms with Crippen molar-refractivity contribution in [3.63, 3.8) is 0 Å². The average Bonchev–Trinajstić information content (AvgIpc) is 3.51. The molecule has 0 aliphatic carbocycles. The van der Waals surface area contributed by atoms with Gasteiger partial charge in [-0.15, -0.1) is 0 Å². The Labute approximate surface area is 219 Å². The van der Waals surface area contributed by atoms with Gasteiger partial charge in [-0.05, 0) is 64.6 Å². The number of rotatable bonds is 5. The highest BCUT2D eigenvalue weighted by atomic mass is 16.1. The lowest BCUT2D eigenvalue weighted by atomic mass is 9.92. The van der Waals surface area contributed by atoms with Crippen LogP contribution in [-0.2, 0) is 4.79 Å². The molecular weight excluding hydrogens is 474 g/mol. The fourth-order valence-electron chi connectivity index (χ4n) is 4.69. The number of aromatic nitrogens is 6. The Morgan fingerprint density at radius 2 is 1.71 bits per heavy atom. The summed E-state index contributed by atoms with van der Waals surface area (Å²) in [6.07, 6.45) is 9.29. The first kappa shape index (κ1) is 23.5. The van der Waals surface area contributed by atoms with Crippen LogP contribution in [0.4, 0.5) is 5.69 Å². The second kappa shape index (κ2) is 9.23. The minimum atomic E-state index is -0.0882. The molecule has 0 aliphatic rings. The molecule has 0 aliphatic heterocycles. The van der Waals surface area contributed by atoms with Gasteiger partial charge in [-0.25, -0.2) is 4.98 Å². The first-order chi connectivity index (χ1) is 18.3. The number of aromatic amines is 2. The third-order valence-corrected chi connectivity index (χ3v) is 6.39. The molecule has 0 unspecified atom stereocenters. The van der Waals surface area contributed by atoms with E-state index in [0.29, 0.717) is 12.1 Å². The molecule has 6 aromatic rings. The van der Waals surface area contributed by atoms with E-state index in [1.165, 1.54) is 0 Å². The molecule has 0 fully saturated rings. The van der Waals surface area contributed by atoms with E-state index in [9.17, 15) is 4.79 Å². The lowest BCUT2D eigenvalue weighted by molar-refractivity contribution is -0.117. The summed E-state index contributed by atoms with van der Waals surface area (Å²) in [5, 5.41) is 12.7. The second-order valence-corrected chi connectivity index (χ2v) is 10.6. The molecule has 5 aromatic heterocycles. The molecular formula is C30H27N7O. The first-order valence-electron chi connectivity index (χ1n) is 12.5. The number of amides is 1. The van der Waals surface area contributed by atoms with E-state index in [2.05, 4.69) is 47.6 Å². The van der Waals surface area contributed by atoms with Gasteiger partial charge in [-0.2, -0.15) is 5.10 Å². The van der Waals surface area contributed by atoms with Crippen LogP contribution >= 0.6 is 0 Å². The summed E-state index contributed by atoms with van der Waals surface area (Å²) in [7, 11) is 0. The number of hydrogen-bond acceptors (Lipinski definition) is 5. The van der Waals surface area contributed by atoms with E-state index >= 15 is 0 Å². The number of hydrogen-bond donors (Lipinski definition) is 3. The number of carbonyl (C=O) groups is 1. The summed E-state index contributed by atoms with van der Waals surface area (Å²) >= 11 is 0. The van der Waals surface area contributed by atoms with Crippen LogP contribution in [0.2, 0.25) is 0 Å². The lowest BCUT2D eigenvalue weighted by Crippen LogP contribution is -2.19. The van der Waals surface area contributed by atoms with Gasteiger partial charge in [0.2, 0.25) is 5.91 Å². The summed E-state index contributed by atoms with van der Waals surface area (Å²) in [6, 6.07) is 16.2. The molecule has 5 heterocycles. The summed E-state index contributed by atoms with van der Waals surface area (Å²) in [5.41, 5.74) is 8.03. The van der Waals surface area contributed by atoms with Gasteiger partial charge in [0.15, 0.2) is 0 Å². The minimum absolute atomic E-state index is 0.0254. The van der Waals surface area contributed by atoms with Gasteiger partial charge in [0, 0.05) is 47.5 Å². The Morgan fingerprint density at radius 3 is 2.53 bits per heavy atom. The maximum absolute atomic E-state index is 12.4. The van der Waals surface area contributed by atoms with Crippen molar-refractivity contribution in [1.29, 1.82) is 0 Å². The fourth-order valence-corrected chi connectivity index (χ4v) is 4.69. The number of fused-ring (bicyclic) bond motifs is 2. The number of benzene rings is 1. The molecule has 0 saturated heterocycles. The zero-order valence-corrected chi connectivity index (χ0v) is 21.4. The van der Waals surface area contributed by atoms with E-state index in [-0.39, 0.29) is 11.3 Å². The number of carbonyl (C=O) groups excluding carboxylic acids is 1. The van der Waals surface area contributed by atoms with Crippen LogP contribution in [-0.4, -0.2) is 36.0 Å². The quantitative estimate of drug-likeness (QED) is 0.246. The average molecular weight is 502 g/mol. The van der Waals surface area contributed by atoms with Crippen LogP contribution in [0.3, 0.4) is 0 Å². The van der Waals surface area contributed by atoms with Gasteiger partial charge in [0.25, 0.3) is 0 Å². The molecule has 3 N–H and O–H groups in total. The molecule has 0 saturated carbocycles. The van der Waals surface area contributed by atoms with Gasteiger partial charge in [0.05, 0.1) is 23.1 Å². The highest BCUT2D eigenvalue weighted by Gasteiger charge is 2.17. The molecule has 8 nitrogen and oxygen atoms in total. The summed E-state index contributed by atoms with van der Waals surface area (Å²) < 4.78 is 0. The molecule has 8 heteroatoms. The molecule has 188 valence electrons. The van der Waals surface area contributed by atoms with Crippen molar-refractivity contribution in [2.45, 2.75) is 27.2 Å². The van der Waals surface area contributed by atoms with Gasteiger partial charge < -0.3 is 10.3 Å². The maximum atomic E-state index is 12.4. The van der Waals surface area contributed by atoms with Crippen molar-refractivity contribution in [1.82, 2.24) is 30.1 Å². The Bertz CT molecular complexity index is 1780. The monoisotopic (exact) mass is 501 g/mol. The molecule has 0 bridgehead atoms. The molecule has 6 rings (SSSR count). The third-order valence-electron chi connectivity index (χ3n) is 6.39. The summed E-state index contributed by atoms with van der Waals surface area (Å²) in [6.45, 7) is 6.13. The van der Waals surface area contributed by atoms with Crippen molar-refractivity contribution in [2.24, 2.45) is 5.41 Å². The van der Waals surface area contributed by atoms with Crippen molar-refractivity contribution in [3.05, 3.63) is 79.5 Å². The molecule has 0 spiro atoms. The van der Waals surface area contributed by atoms with E-state index in [4.69, 9.17) is 0 Å². The summed E-state index contributed by atoms with van der Waals surface area (Å²) in [5.74, 6) is -0.0254. The Morgan fingerprint density at radius 1 is 0.868 bits per heavy atom. The molecule has 38 heavy (non-hydrogen) atoms. The number of H-pyrrole nitrogens is 2. The van der Waals surface area contributed by atoms with Crippen LogP contribution in [0.5, 0.6) is 0 Å². The number of nitrogens with one attached hydrogen (secondary N) is 3. The second-order valence-electron chi connectivity index (χ2n) is 10.6. The smallest absolute Gasteiger partial charge is 0.224 e. The lowest BCUT2D eigenvalue weighted by Gasteiger charge is -2.17. The normalized spacial score (nSPS) is 11.8. The van der Waals surface area contributed by atoms with Crippen molar-refractivity contribution in [2.75, 3.05) is 5.32 Å². The van der Waals surface area contributed by atoms with Crippen LogP contribution < -0.4 is 5.32 Å². The largest absolute Gasteiger partial charge is 0.338 e. The van der Waals surface area contributed by atoms with E-state index in [0.717, 1.165) is 55.6 Å². The molecule has 1 aromatic carbocycles. The molecule has 0 radical (unpaired) electrons. The number of pyridine rings is 3. The SMILES string of the molecule is CC(C)(C)CC(=O)Nc1cncc(-c2ccc3[nH]nc(-c4cc5c(-c6ccncc6)ccnc5[nH]4)c3c2)c1. The van der Waals surface area contributed by atoms with Gasteiger partial charge >= 0.3 is 0 Å². The number of nitrogens with zero attached hydrogens (tertiary/aromatic N) is 4. The van der Waals surface area contributed by atoms with Gasteiger partial charge in [-0.3, -0.25) is 19.9 Å².